The lowest BCUT2D eigenvalue weighted by molar-refractivity contribution is 0.189. The minimum atomic E-state index is 0.193. The molecule has 130 valence electrons. The third-order valence-electron chi connectivity index (χ3n) is 6.36. The van der Waals surface area contributed by atoms with Crippen molar-refractivity contribution in [2.45, 2.75) is 96.4 Å². The van der Waals surface area contributed by atoms with Crippen LogP contribution in [0.25, 0.3) is 0 Å². The summed E-state index contributed by atoms with van der Waals surface area (Å²) >= 11 is 0. The van der Waals surface area contributed by atoms with Crippen molar-refractivity contribution in [2.75, 3.05) is 0 Å². The molecule has 2 rings (SSSR count). The molecule has 0 fully saturated rings. The Hall–Kier alpha value is -0.820. The predicted octanol–water partition coefficient (Wildman–Crippen LogP) is 5.99. The Bertz CT molecular complexity index is 467. The van der Waals surface area contributed by atoms with Gasteiger partial charge in [-0.05, 0) is 42.7 Å². The zero-order chi connectivity index (χ0) is 16.7. The molecule has 0 aromatic heterocycles. The van der Waals surface area contributed by atoms with Gasteiger partial charge in [-0.1, -0.05) is 83.6 Å². The maximum Gasteiger partial charge on any atom is 0.0142 e. The fourth-order valence-electron chi connectivity index (χ4n) is 4.88. The highest BCUT2D eigenvalue weighted by Crippen LogP contribution is 2.46. The number of benzene rings is 1. The maximum atomic E-state index is 6.71. The van der Waals surface area contributed by atoms with E-state index in [1.165, 1.54) is 51.4 Å². The first-order valence-electron chi connectivity index (χ1n) is 10.0. The van der Waals surface area contributed by atoms with Crippen LogP contribution >= 0.6 is 0 Å². The summed E-state index contributed by atoms with van der Waals surface area (Å²) in [7, 11) is 0. The van der Waals surface area contributed by atoms with E-state index in [-0.39, 0.29) is 5.41 Å². The second kappa shape index (κ2) is 8.87. The van der Waals surface area contributed by atoms with Crippen LogP contribution in [0.1, 0.15) is 89.7 Å². The lowest BCUT2D eigenvalue weighted by Gasteiger charge is -2.48. The van der Waals surface area contributed by atoms with Gasteiger partial charge in [-0.2, -0.15) is 0 Å². The molecule has 0 aliphatic heterocycles. The van der Waals surface area contributed by atoms with Crippen molar-refractivity contribution in [1.82, 2.24) is 0 Å². The Kier molecular flexibility index (Phi) is 7.14. The number of hydrogen-bond donors (Lipinski definition) is 1. The summed E-state index contributed by atoms with van der Waals surface area (Å²) in [6.45, 7) is 7.09. The summed E-state index contributed by atoms with van der Waals surface area (Å²) < 4.78 is 0. The molecule has 3 atom stereocenters. The van der Waals surface area contributed by atoms with E-state index < -0.39 is 0 Å². The van der Waals surface area contributed by atoms with Crippen molar-refractivity contribution in [3.05, 3.63) is 35.4 Å². The van der Waals surface area contributed by atoms with Gasteiger partial charge < -0.3 is 5.73 Å². The molecule has 1 aromatic carbocycles. The second-order valence-electron chi connectivity index (χ2n) is 7.65. The van der Waals surface area contributed by atoms with Gasteiger partial charge in [0.25, 0.3) is 0 Å². The minimum Gasteiger partial charge on any atom is -0.327 e. The normalized spacial score (nSPS) is 25.1. The number of hydrogen-bond acceptors (Lipinski definition) is 1. The topological polar surface area (TPSA) is 26.0 Å². The summed E-state index contributed by atoms with van der Waals surface area (Å²) in [5.74, 6) is 0.676. The third kappa shape index (κ3) is 3.99. The lowest BCUT2D eigenvalue weighted by Crippen LogP contribution is -2.52. The minimum absolute atomic E-state index is 0.193. The van der Waals surface area contributed by atoms with Crippen molar-refractivity contribution in [1.29, 1.82) is 0 Å². The van der Waals surface area contributed by atoms with E-state index >= 15 is 0 Å². The van der Waals surface area contributed by atoms with E-state index in [0.29, 0.717) is 12.0 Å². The van der Waals surface area contributed by atoms with Crippen LogP contribution in [-0.4, -0.2) is 6.04 Å². The average molecular weight is 316 g/mol. The third-order valence-corrected chi connectivity index (χ3v) is 6.36. The van der Waals surface area contributed by atoms with E-state index in [9.17, 15) is 0 Å². The van der Waals surface area contributed by atoms with E-state index in [1.807, 2.05) is 0 Å². The van der Waals surface area contributed by atoms with Gasteiger partial charge in [-0.25, -0.2) is 0 Å². The van der Waals surface area contributed by atoms with Gasteiger partial charge in [-0.3, -0.25) is 0 Å². The predicted molar refractivity (Wildman–Crippen MR) is 102 cm³/mol. The first-order valence-corrected chi connectivity index (χ1v) is 10.0. The average Bonchev–Trinajstić information content (AvgIpc) is 2.58. The van der Waals surface area contributed by atoms with Crippen LogP contribution in [0.2, 0.25) is 0 Å². The molecule has 0 saturated carbocycles. The quantitative estimate of drug-likeness (QED) is 0.556. The van der Waals surface area contributed by atoms with Gasteiger partial charge in [0.1, 0.15) is 0 Å². The number of fused-ring (bicyclic) bond motifs is 1. The van der Waals surface area contributed by atoms with E-state index in [0.717, 1.165) is 12.8 Å². The van der Waals surface area contributed by atoms with Crippen LogP contribution in [0.5, 0.6) is 0 Å². The van der Waals surface area contributed by atoms with Crippen LogP contribution in [0.15, 0.2) is 24.3 Å². The van der Waals surface area contributed by atoms with E-state index in [2.05, 4.69) is 45.0 Å². The number of unbranched alkanes of at least 4 members (excludes halogenated alkanes) is 5. The summed E-state index contributed by atoms with van der Waals surface area (Å²) in [6, 6.07) is 9.39. The standard InChI is InChI=1S/C22H37N/c1-4-6-7-8-9-10-13-18(3)22(5-2)20-15-12-11-14-19(20)16-17-21(22)23/h11-12,14-15,18,21H,4-10,13,16-17,23H2,1-3H3. The van der Waals surface area contributed by atoms with Crippen molar-refractivity contribution < 1.29 is 0 Å². The molecule has 0 spiro atoms. The molecule has 3 unspecified atom stereocenters. The molecule has 0 heterocycles. The molecular formula is C22H37N. The summed E-state index contributed by atoms with van der Waals surface area (Å²) in [5, 5.41) is 0. The molecule has 1 aliphatic rings. The summed E-state index contributed by atoms with van der Waals surface area (Å²) in [6.07, 6.45) is 13.1. The van der Waals surface area contributed by atoms with E-state index in [4.69, 9.17) is 5.73 Å². The Morgan fingerprint density at radius 3 is 2.52 bits per heavy atom. The molecule has 2 N–H and O–H groups in total. The van der Waals surface area contributed by atoms with Crippen LogP contribution in [-0.2, 0) is 11.8 Å². The zero-order valence-corrected chi connectivity index (χ0v) is 15.6. The SMILES string of the molecule is CCCCCCCCC(C)C1(CC)c2ccccc2CCC1N. The first kappa shape index (κ1) is 18.5. The van der Waals surface area contributed by atoms with Crippen LogP contribution < -0.4 is 5.73 Å². The molecule has 0 radical (unpaired) electrons. The number of aryl methyl sites for hydroxylation is 1. The maximum absolute atomic E-state index is 6.71. The van der Waals surface area contributed by atoms with Gasteiger partial charge in [-0.15, -0.1) is 0 Å². The summed E-state index contributed by atoms with van der Waals surface area (Å²) in [4.78, 5) is 0. The first-order chi connectivity index (χ1) is 11.2. The van der Waals surface area contributed by atoms with Crippen molar-refractivity contribution in [3.63, 3.8) is 0 Å². The second-order valence-corrected chi connectivity index (χ2v) is 7.65. The van der Waals surface area contributed by atoms with Crippen LogP contribution in [0.4, 0.5) is 0 Å². The lowest BCUT2D eigenvalue weighted by atomic mass is 9.58. The van der Waals surface area contributed by atoms with Crippen LogP contribution in [0.3, 0.4) is 0 Å². The van der Waals surface area contributed by atoms with Crippen molar-refractivity contribution in [3.8, 4) is 0 Å². The fraction of sp³-hybridized carbons (Fsp3) is 0.727. The number of nitrogens with two attached hydrogens (primary N) is 1. The smallest absolute Gasteiger partial charge is 0.0142 e. The largest absolute Gasteiger partial charge is 0.327 e. The van der Waals surface area contributed by atoms with Gasteiger partial charge in [0, 0.05) is 11.5 Å². The fourth-order valence-corrected chi connectivity index (χ4v) is 4.88. The van der Waals surface area contributed by atoms with Gasteiger partial charge in [0.15, 0.2) is 0 Å². The molecule has 1 nitrogen and oxygen atoms in total. The molecule has 1 aromatic rings. The molecule has 0 amide bonds. The Morgan fingerprint density at radius 1 is 1.09 bits per heavy atom. The Morgan fingerprint density at radius 2 is 1.78 bits per heavy atom. The highest BCUT2D eigenvalue weighted by Gasteiger charge is 2.44. The van der Waals surface area contributed by atoms with Crippen molar-refractivity contribution >= 4 is 0 Å². The van der Waals surface area contributed by atoms with Gasteiger partial charge >= 0.3 is 0 Å². The zero-order valence-electron chi connectivity index (χ0n) is 15.6. The Labute approximate surface area is 144 Å². The van der Waals surface area contributed by atoms with Gasteiger partial charge in [0.05, 0.1) is 0 Å². The highest BCUT2D eigenvalue weighted by molar-refractivity contribution is 5.39. The molecule has 1 heteroatoms. The monoisotopic (exact) mass is 315 g/mol. The van der Waals surface area contributed by atoms with Crippen LogP contribution in [0, 0.1) is 5.92 Å². The van der Waals surface area contributed by atoms with Crippen molar-refractivity contribution in [2.24, 2.45) is 11.7 Å². The number of rotatable bonds is 9. The molecule has 0 saturated heterocycles. The summed E-state index contributed by atoms with van der Waals surface area (Å²) in [5.41, 5.74) is 10.0. The molecule has 23 heavy (non-hydrogen) atoms. The molecular weight excluding hydrogens is 278 g/mol. The molecule has 0 bridgehead atoms. The molecule has 1 aliphatic carbocycles. The van der Waals surface area contributed by atoms with Gasteiger partial charge in [0.2, 0.25) is 0 Å². The Balaban J connectivity index is 2.04. The highest BCUT2D eigenvalue weighted by atomic mass is 14.7. The van der Waals surface area contributed by atoms with E-state index in [1.54, 1.807) is 11.1 Å².